The summed E-state index contributed by atoms with van der Waals surface area (Å²) < 4.78 is 5.77. The van der Waals surface area contributed by atoms with Crippen molar-refractivity contribution in [2.75, 3.05) is 39.3 Å². The number of rotatable bonds is 7. The number of aliphatic hydroxyl groups is 1. The molecule has 0 saturated carbocycles. The van der Waals surface area contributed by atoms with E-state index in [0.29, 0.717) is 24.0 Å². The van der Waals surface area contributed by atoms with Gasteiger partial charge in [0.05, 0.1) is 11.7 Å². The molecule has 0 aromatic heterocycles. The SMILES string of the molecule is CC[C@@H]1CN(CCOc2ccccc2C#N)CCN1C[C@@H](C)O. The van der Waals surface area contributed by atoms with Gasteiger partial charge in [0.25, 0.3) is 0 Å². The van der Waals surface area contributed by atoms with E-state index in [-0.39, 0.29) is 6.10 Å². The van der Waals surface area contributed by atoms with Gasteiger partial charge in [-0.15, -0.1) is 0 Å². The Morgan fingerprint density at radius 2 is 2.17 bits per heavy atom. The highest BCUT2D eigenvalue weighted by Gasteiger charge is 2.26. The molecule has 0 unspecified atom stereocenters. The molecule has 0 aliphatic carbocycles. The molecule has 0 amide bonds. The molecule has 1 fully saturated rings. The van der Waals surface area contributed by atoms with E-state index in [9.17, 15) is 5.11 Å². The molecule has 1 aromatic rings. The molecule has 2 rings (SSSR count). The van der Waals surface area contributed by atoms with Gasteiger partial charge in [-0.3, -0.25) is 9.80 Å². The molecule has 0 spiro atoms. The fourth-order valence-corrected chi connectivity index (χ4v) is 3.10. The molecule has 0 radical (unpaired) electrons. The molecule has 1 aliphatic rings. The minimum atomic E-state index is -0.276. The predicted molar refractivity (Wildman–Crippen MR) is 90.4 cm³/mol. The first-order valence-corrected chi connectivity index (χ1v) is 8.40. The van der Waals surface area contributed by atoms with Crippen molar-refractivity contribution in [1.29, 1.82) is 5.26 Å². The summed E-state index contributed by atoms with van der Waals surface area (Å²) >= 11 is 0. The number of hydrogen-bond donors (Lipinski definition) is 1. The summed E-state index contributed by atoms with van der Waals surface area (Å²) in [6, 6.07) is 9.99. The van der Waals surface area contributed by atoms with Crippen LogP contribution >= 0.6 is 0 Å². The van der Waals surface area contributed by atoms with E-state index < -0.39 is 0 Å². The van der Waals surface area contributed by atoms with Gasteiger partial charge in [0.1, 0.15) is 18.4 Å². The van der Waals surface area contributed by atoms with Crippen molar-refractivity contribution in [1.82, 2.24) is 9.80 Å². The Kier molecular flexibility index (Phi) is 6.85. The molecule has 1 saturated heterocycles. The highest BCUT2D eigenvalue weighted by molar-refractivity contribution is 5.42. The zero-order chi connectivity index (χ0) is 16.7. The van der Waals surface area contributed by atoms with E-state index in [2.05, 4.69) is 22.8 Å². The topological polar surface area (TPSA) is 59.7 Å². The van der Waals surface area contributed by atoms with Crippen molar-refractivity contribution >= 4 is 0 Å². The molecular weight excluding hydrogens is 290 g/mol. The Morgan fingerprint density at radius 1 is 1.39 bits per heavy atom. The van der Waals surface area contributed by atoms with Gasteiger partial charge in [-0.1, -0.05) is 19.1 Å². The quantitative estimate of drug-likeness (QED) is 0.830. The lowest BCUT2D eigenvalue weighted by Crippen LogP contribution is -2.55. The number of aliphatic hydroxyl groups excluding tert-OH is 1. The molecule has 1 heterocycles. The second-order valence-electron chi connectivity index (χ2n) is 6.16. The summed E-state index contributed by atoms with van der Waals surface area (Å²) in [7, 11) is 0. The minimum absolute atomic E-state index is 0.276. The predicted octanol–water partition coefficient (Wildman–Crippen LogP) is 1.71. The Bertz CT molecular complexity index is 527. The number of para-hydroxylation sites is 1. The van der Waals surface area contributed by atoms with E-state index in [4.69, 9.17) is 10.00 Å². The zero-order valence-electron chi connectivity index (χ0n) is 14.1. The lowest BCUT2D eigenvalue weighted by atomic mass is 10.1. The first-order valence-electron chi connectivity index (χ1n) is 8.40. The lowest BCUT2D eigenvalue weighted by Gasteiger charge is -2.41. The molecule has 2 atom stereocenters. The summed E-state index contributed by atoms with van der Waals surface area (Å²) in [6.45, 7) is 9.22. The summed E-state index contributed by atoms with van der Waals surface area (Å²) in [5, 5.41) is 18.7. The molecule has 23 heavy (non-hydrogen) atoms. The number of hydrogen-bond acceptors (Lipinski definition) is 5. The third kappa shape index (κ3) is 5.21. The molecule has 1 N–H and O–H groups in total. The number of ether oxygens (including phenoxy) is 1. The maximum atomic E-state index is 9.60. The maximum absolute atomic E-state index is 9.60. The molecule has 5 nitrogen and oxygen atoms in total. The lowest BCUT2D eigenvalue weighted by molar-refractivity contribution is 0.0322. The van der Waals surface area contributed by atoms with Crippen LogP contribution in [-0.2, 0) is 0 Å². The van der Waals surface area contributed by atoms with Crippen LogP contribution in [0.5, 0.6) is 5.75 Å². The van der Waals surface area contributed by atoms with Gasteiger partial charge < -0.3 is 9.84 Å². The van der Waals surface area contributed by atoms with Crippen LogP contribution in [0.1, 0.15) is 25.8 Å². The zero-order valence-corrected chi connectivity index (χ0v) is 14.1. The Hall–Kier alpha value is -1.61. The second kappa shape index (κ2) is 8.88. The van der Waals surface area contributed by atoms with Gasteiger partial charge in [-0.2, -0.15) is 5.26 Å². The van der Waals surface area contributed by atoms with Gasteiger partial charge >= 0.3 is 0 Å². The van der Waals surface area contributed by atoms with Gasteiger partial charge in [0.2, 0.25) is 0 Å². The number of piperazine rings is 1. The Labute approximate surface area is 139 Å². The van der Waals surface area contributed by atoms with E-state index in [1.165, 1.54) is 0 Å². The highest BCUT2D eigenvalue weighted by Crippen LogP contribution is 2.17. The summed E-state index contributed by atoms with van der Waals surface area (Å²) in [5.41, 5.74) is 0.584. The number of benzene rings is 1. The van der Waals surface area contributed by atoms with Crippen LogP contribution in [0, 0.1) is 11.3 Å². The molecule has 0 bridgehead atoms. The monoisotopic (exact) mass is 317 g/mol. The second-order valence-corrected chi connectivity index (χ2v) is 6.16. The highest BCUT2D eigenvalue weighted by atomic mass is 16.5. The third-order valence-electron chi connectivity index (χ3n) is 4.33. The maximum Gasteiger partial charge on any atom is 0.137 e. The first-order chi connectivity index (χ1) is 11.1. The fraction of sp³-hybridized carbons (Fsp3) is 0.611. The fourth-order valence-electron chi connectivity index (χ4n) is 3.10. The molecule has 5 heteroatoms. The molecule has 1 aromatic carbocycles. The van der Waals surface area contributed by atoms with Crippen LogP contribution < -0.4 is 4.74 Å². The van der Waals surface area contributed by atoms with E-state index >= 15 is 0 Å². The van der Waals surface area contributed by atoms with Gasteiger partial charge in [-0.05, 0) is 25.5 Å². The third-order valence-corrected chi connectivity index (χ3v) is 4.33. The van der Waals surface area contributed by atoms with Crippen molar-refractivity contribution in [3.63, 3.8) is 0 Å². The van der Waals surface area contributed by atoms with Crippen LogP contribution in [0.3, 0.4) is 0 Å². The average molecular weight is 317 g/mol. The van der Waals surface area contributed by atoms with Crippen molar-refractivity contribution in [3.05, 3.63) is 29.8 Å². The van der Waals surface area contributed by atoms with Gasteiger partial charge in [-0.25, -0.2) is 0 Å². The minimum Gasteiger partial charge on any atom is -0.491 e. The Morgan fingerprint density at radius 3 is 2.87 bits per heavy atom. The summed E-state index contributed by atoms with van der Waals surface area (Å²) in [5.74, 6) is 0.662. The number of β-amino-alcohol motifs (C(OH)–C–C–N with tert-alkyl or cyclic N) is 1. The molecular formula is C18H27N3O2. The van der Waals surface area contributed by atoms with Crippen LogP contribution in [-0.4, -0.2) is 66.4 Å². The number of nitriles is 1. The summed E-state index contributed by atoms with van der Waals surface area (Å²) in [6.07, 6.45) is 0.808. The van der Waals surface area contributed by atoms with E-state index in [0.717, 1.165) is 39.1 Å². The van der Waals surface area contributed by atoms with E-state index in [1.807, 2.05) is 25.1 Å². The van der Waals surface area contributed by atoms with Crippen molar-refractivity contribution in [2.45, 2.75) is 32.4 Å². The van der Waals surface area contributed by atoms with Gasteiger partial charge in [0.15, 0.2) is 0 Å². The van der Waals surface area contributed by atoms with Crippen LogP contribution in [0.2, 0.25) is 0 Å². The van der Waals surface area contributed by atoms with Gasteiger partial charge in [0, 0.05) is 38.8 Å². The van der Waals surface area contributed by atoms with Crippen LogP contribution in [0.15, 0.2) is 24.3 Å². The average Bonchev–Trinajstić information content (AvgIpc) is 2.56. The molecule has 1 aliphatic heterocycles. The van der Waals surface area contributed by atoms with Crippen LogP contribution in [0.25, 0.3) is 0 Å². The van der Waals surface area contributed by atoms with Crippen molar-refractivity contribution < 1.29 is 9.84 Å². The van der Waals surface area contributed by atoms with Crippen molar-refractivity contribution in [3.8, 4) is 11.8 Å². The van der Waals surface area contributed by atoms with Crippen LogP contribution in [0.4, 0.5) is 0 Å². The largest absolute Gasteiger partial charge is 0.491 e. The normalized spacial score (nSPS) is 20.9. The first kappa shape index (κ1) is 17.7. The Balaban J connectivity index is 1.80. The number of nitrogens with zero attached hydrogens (tertiary/aromatic N) is 3. The standard InChI is InChI=1S/C18H27N3O2/c1-3-17-14-20(8-9-21(17)13-15(2)22)10-11-23-18-7-5-4-6-16(18)12-19/h4-7,15,17,22H,3,8-11,13-14H2,1-2H3/t15-,17-/m1/s1. The summed E-state index contributed by atoms with van der Waals surface area (Å²) in [4.78, 5) is 4.79. The van der Waals surface area contributed by atoms with Crippen molar-refractivity contribution in [2.24, 2.45) is 0 Å². The molecule has 126 valence electrons. The van der Waals surface area contributed by atoms with E-state index in [1.54, 1.807) is 6.07 Å². The smallest absolute Gasteiger partial charge is 0.137 e.